The average Bonchev–Trinajstić information content (AvgIpc) is 2.87. The van der Waals surface area contributed by atoms with E-state index in [4.69, 9.17) is 27.9 Å². The first-order chi connectivity index (χ1) is 17.2. The quantitative estimate of drug-likeness (QED) is 0.302. The highest BCUT2D eigenvalue weighted by Crippen LogP contribution is 2.32. The van der Waals surface area contributed by atoms with Crippen molar-refractivity contribution in [1.29, 1.82) is 0 Å². The molecule has 4 aromatic rings. The monoisotopic (exact) mass is 526 g/mol. The number of anilines is 1. The highest BCUT2D eigenvalue weighted by atomic mass is 35.5. The van der Waals surface area contributed by atoms with Gasteiger partial charge in [-0.3, -0.25) is 9.59 Å². The summed E-state index contributed by atoms with van der Waals surface area (Å²) in [5.74, 6) is -2.09. The molecule has 184 valence electrons. The molecule has 36 heavy (non-hydrogen) atoms. The van der Waals surface area contributed by atoms with Gasteiger partial charge in [0.1, 0.15) is 11.5 Å². The van der Waals surface area contributed by atoms with Crippen LogP contribution in [0.4, 0.5) is 10.1 Å². The van der Waals surface area contributed by atoms with Crippen molar-refractivity contribution in [3.8, 4) is 11.1 Å². The van der Waals surface area contributed by atoms with E-state index < -0.39 is 23.8 Å². The van der Waals surface area contributed by atoms with Gasteiger partial charge in [-0.1, -0.05) is 60.5 Å². The number of fused-ring (bicyclic) bond motifs is 1. The second-order valence-corrected chi connectivity index (χ2v) is 8.90. The molecule has 9 heteroatoms. The molecule has 4 rings (SSSR count). The summed E-state index contributed by atoms with van der Waals surface area (Å²) in [4.78, 5) is 39.4. The lowest BCUT2D eigenvalue weighted by molar-refractivity contribution is -0.124. The van der Waals surface area contributed by atoms with Crippen LogP contribution in [-0.2, 0) is 16.6 Å². The predicted octanol–water partition coefficient (Wildman–Crippen LogP) is 6.23. The molecule has 0 fully saturated rings. The second-order valence-electron chi connectivity index (χ2n) is 8.06. The zero-order valence-electron chi connectivity index (χ0n) is 19.3. The molecule has 0 radical (unpaired) electrons. The summed E-state index contributed by atoms with van der Waals surface area (Å²) in [6, 6.07) is 17.5. The molecular formula is C27H21Cl2FN2O4. The van der Waals surface area contributed by atoms with Crippen LogP contribution in [0.5, 0.6) is 0 Å². The van der Waals surface area contributed by atoms with Gasteiger partial charge in [0, 0.05) is 28.7 Å². The maximum absolute atomic E-state index is 13.5. The van der Waals surface area contributed by atoms with Crippen molar-refractivity contribution in [2.75, 3.05) is 5.32 Å². The average molecular weight is 527 g/mol. The van der Waals surface area contributed by atoms with Crippen molar-refractivity contribution in [2.45, 2.75) is 19.4 Å². The first-order valence-electron chi connectivity index (χ1n) is 11.1. The summed E-state index contributed by atoms with van der Waals surface area (Å²) in [6.07, 6.45) is -1.02. The topological polar surface area (TPSA) is 77.4 Å². The molecule has 1 heterocycles. The lowest BCUT2D eigenvalue weighted by Crippen LogP contribution is -2.34. The number of nitrogens with one attached hydrogen (secondary N) is 1. The third-order valence-electron chi connectivity index (χ3n) is 5.73. The number of halogens is 3. The Labute approximate surface area is 216 Å². The number of pyridine rings is 1. The molecule has 1 N–H and O–H groups in total. The predicted molar refractivity (Wildman–Crippen MR) is 139 cm³/mol. The van der Waals surface area contributed by atoms with Crippen LogP contribution in [0.3, 0.4) is 0 Å². The minimum atomic E-state index is -1.18. The number of ether oxygens (including phenoxy) is 1. The molecule has 1 unspecified atom stereocenters. The lowest BCUT2D eigenvalue weighted by Gasteiger charge is -2.20. The molecule has 0 spiro atoms. The third-order valence-corrected chi connectivity index (χ3v) is 6.27. The van der Waals surface area contributed by atoms with E-state index in [1.165, 1.54) is 23.7 Å². The van der Waals surface area contributed by atoms with Crippen molar-refractivity contribution >= 4 is 51.5 Å². The Bertz CT molecular complexity index is 1530. The molecule has 1 amide bonds. The number of aromatic nitrogens is 1. The van der Waals surface area contributed by atoms with Gasteiger partial charge >= 0.3 is 5.97 Å². The summed E-state index contributed by atoms with van der Waals surface area (Å²) < 4.78 is 20.3. The Hall–Kier alpha value is -3.68. The van der Waals surface area contributed by atoms with E-state index in [1.807, 2.05) is 0 Å². The number of rotatable bonds is 6. The van der Waals surface area contributed by atoms with Crippen LogP contribution < -0.4 is 10.9 Å². The van der Waals surface area contributed by atoms with Gasteiger partial charge in [-0.15, -0.1) is 0 Å². The highest BCUT2D eigenvalue weighted by molar-refractivity contribution is 6.31. The number of amides is 1. The second kappa shape index (κ2) is 10.5. The van der Waals surface area contributed by atoms with Crippen molar-refractivity contribution in [3.63, 3.8) is 0 Å². The Balaban J connectivity index is 1.75. The van der Waals surface area contributed by atoms with Crippen LogP contribution in [0.1, 0.15) is 23.8 Å². The summed E-state index contributed by atoms with van der Waals surface area (Å²) in [6.45, 7) is 1.68. The molecular weight excluding hydrogens is 506 g/mol. The molecule has 0 bridgehead atoms. The number of hydrogen-bond acceptors (Lipinski definition) is 4. The number of carbonyl (C=O) groups excluding carboxylic acids is 2. The Morgan fingerprint density at radius 3 is 2.33 bits per heavy atom. The Morgan fingerprint density at radius 1 is 1.03 bits per heavy atom. The molecule has 0 saturated heterocycles. The van der Waals surface area contributed by atoms with Crippen molar-refractivity contribution in [1.82, 2.24) is 4.57 Å². The summed E-state index contributed by atoms with van der Waals surface area (Å²) in [5.41, 5.74) is 0.998. The Kier molecular flexibility index (Phi) is 7.43. The minimum Gasteiger partial charge on any atom is -0.448 e. The van der Waals surface area contributed by atoms with Gasteiger partial charge in [-0.2, -0.15) is 0 Å². The summed E-state index contributed by atoms with van der Waals surface area (Å²) in [5, 5.41) is 3.93. The van der Waals surface area contributed by atoms with Crippen molar-refractivity contribution in [3.05, 3.63) is 98.6 Å². The zero-order valence-corrected chi connectivity index (χ0v) is 20.9. The molecule has 0 aliphatic rings. The third kappa shape index (κ3) is 4.98. The maximum atomic E-state index is 13.5. The normalized spacial score (nSPS) is 11.8. The van der Waals surface area contributed by atoms with Gasteiger partial charge in [0.05, 0.1) is 5.02 Å². The fourth-order valence-corrected chi connectivity index (χ4v) is 4.22. The fraction of sp³-hybridized carbons (Fsp3) is 0.148. The molecule has 0 aliphatic heterocycles. The molecule has 6 nitrogen and oxygen atoms in total. The van der Waals surface area contributed by atoms with E-state index in [0.29, 0.717) is 26.9 Å². The molecule has 1 aromatic heterocycles. The zero-order chi connectivity index (χ0) is 26.0. The minimum absolute atomic E-state index is 0.00269. The van der Waals surface area contributed by atoms with Gasteiger partial charge in [0.15, 0.2) is 6.10 Å². The number of nitrogens with zero attached hydrogens (tertiary/aromatic N) is 1. The lowest BCUT2D eigenvalue weighted by atomic mass is 9.96. The number of esters is 1. The fourth-order valence-electron chi connectivity index (χ4n) is 3.92. The van der Waals surface area contributed by atoms with Gasteiger partial charge in [0.2, 0.25) is 0 Å². The molecule has 0 aliphatic carbocycles. The first kappa shape index (κ1) is 25.4. The standard InChI is InChI=1S/C27H21Cl2FN2O4/c1-3-22(25(33)31-17-12-13-21(30)20(29)14-17)36-27(35)24-23(15-8-10-16(28)11-9-15)18-6-4-5-7-19(18)26(34)32(24)2/h4-14,22H,3H2,1-2H3,(H,31,33). The largest absolute Gasteiger partial charge is 0.448 e. The number of carbonyl (C=O) groups is 2. The summed E-state index contributed by atoms with van der Waals surface area (Å²) >= 11 is 11.9. The van der Waals surface area contributed by atoms with E-state index >= 15 is 0 Å². The molecule has 0 saturated carbocycles. The van der Waals surface area contributed by atoms with Crippen LogP contribution in [0.2, 0.25) is 10.0 Å². The van der Waals surface area contributed by atoms with Crippen molar-refractivity contribution in [2.24, 2.45) is 7.05 Å². The smallest absolute Gasteiger partial charge is 0.356 e. The van der Waals surface area contributed by atoms with Gasteiger partial charge in [-0.25, -0.2) is 9.18 Å². The van der Waals surface area contributed by atoms with E-state index in [2.05, 4.69) is 5.32 Å². The van der Waals surface area contributed by atoms with Crippen LogP contribution in [0, 0.1) is 5.82 Å². The van der Waals surface area contributed by atoms with Gasteiger partial charge in [-0.05, 0) is 53.8 Å². The van der Waals surface area contributed by atoms with E-state index in [0.717, 1.165) is 6.07 Å². The SMILES string of the molecule is CCC(OC(=O)c1c(-c2ccc(Cl)cc2)c2ccccc2c(=O)n1C)C(=O)Nc1ccc(F)c(Cl)c1. The van der Waals surface area contributed by atoms with E-state index in [1.54, 1.807) is 55.5 Å². The first-order valence-corrected chi connectivity index (χ1v) is 11.8. The van der Waals surface area contributed by atoms with Crippen LogP contribution >= 0.6 is 23.2 Å². The van der Waals surface area contributed by atoms with E-state index in [9.17, 15) is 18.8 Å². The van der Waals surface area contributed by atoms with Crippen molar-refractivity contribution < 1.29 is 18.7 Å². The van der Waals surface area contributed by atoms with Crippen LogP contribution in [0.15, 0.2) is 71.5 Å². The Morgan fingerprint density at radius 2 is 1.69 bits per heavy atom. The van der Waals surface area contributed by atoms with Crippen LogP contribution in [0.25, 0.3) is 21.9 Å². The number of benzene rings is 3. The van der Waals surface area contributed by atoms with Gasteiger partial charge < -0.3 is 14.6 Å². The maximum Gasteiger partial charge on any atom is 0.356 e. The summed E-state index contributed by atoms with van der Waals surface area (Å²) in [7, 11) is 1.48. The van der Waals surface area contributed by atoms with Gasteiger partial charge in [0.25, 0.3) is 11.5 Å². The van der Waals surface area contributed by atoms with E-state index in [-0.39, 0.29) is 28.4 Å². The van der Waals surface area contributed by atoms with Crippen LogP contribution in [-0.4, -0.2) is 22.5 Å². The number of hydrogen-bond donors (Lipinski definition) is 1. The molecule has 3 aromatic carbocycles. The highest BCUT2D eigenvalue weighted by Gasteiger charge is 2.28. The molecule has 1 atom stereocenters.